The lowest BCUT2D eigenvalue weighted by Crippen LogP contribution is -2.49. The average molecular weight is 451 g/mol. The summed E-state index contributed by atoms with van der Waals surface area (Å²) in [7, 11) is -3.45. The minimum absolute atomic E-state index is 0.111. The first-order valence-electron chi connectivity index (χ1n) is 11.1. The fourth-order valence-electron chi connectivity index (χ4n) is 4.12. The molecule has 3 aromatic carbocycles. The molecule has 1 heterocycles. The van der Waals surface area contributed by atoms with Gasteiger partial charge < -0.3 is 4.74 Å². The van der Waals surface area contributed by atoms with Crippen LogP contribution in [0, 0.1) is 6.92 Å². The minimum atomic E-state index is -3.45. The van der Waals surface area contributed by atoms with Gasteiger partial charge in [0.25, 0.3) is 0 Å². The van der Waals surface area contributed by atoms with Crippen LogP contribution in [0.5, 0.6) is 0 Å². The summed E-state index contributed by atoms with van der Waals surface area (Å²) in [4.78, 5) is 2.68. The summed E-state index contributed by atoms with van der Waals surface area (Å²) in [5.41, 5.74) is 3.05. The fourth-order valence-corrected chi connectivity index (χ4v) is 5.77. The predicted octanol–water partition coefficient (Wildman–Crippen LogP) is 4.11. The second-order valence-electron chi connectivity index (χ2n) is 8.08. The molecule has 4 rings (SSSR count). The third-order valence-corrected chi connectivity index (χ3v) is 8.00. The minimum Gasteiger partial charge on any atom is -0.367 e. The van der Waals surface area contributed by atoms with E-state index in [1.807, 2.05) is 55.5 Å². The molecule has 1 saturated heterocycles. The third kappa shape index (κ3) is 5.27. The Balaban J connectivity index is 1.33. The third-order valence-electron chi connectivity index (χ3n) is 5.94. The second kappa shape index (κ2) is 10.4. The maximum atomic E-state index is 13.0. The highest BCUT2D eigenvalue weighted by molar-refractivity contribution is 7.89. The van der Waals surface area contributed by atoms with Gasteiger partial charge >= 0.3 is 0 Å². The molecule has 0 bridgehead atoms. The van der Waals surface area contributed by atoms with Crippen LogP contribution in [0.4, 0.5) is 0 Å². The Morgan fingerprint density at radius 2 is 1.31 bits per heavy atom. The summed E-state index contributed by atoms with van der Waals surface area (Å²) in [6.45, 7) is 5.60. The average Bonchev–Trinajstić information content (AvgIpc) is 2.83. The zero-order valence-corrected chi connectivity index (χ0v) is 19.2. The Hall–Kier alpha value is -2.51. The normalized spacial score (nSPS) is 15.8. The number of aryl methyl sites for hydroxylation is 1. The van der Waals surface area contributed by atoms with Gasteiger partial charge in [0.2, 0.25) is 10.0 Å². The molecule has 0 saturated carbocycles. The van der Waals surface area contributed by atoms with Crippen molar-refractivity contribution in [2.75, 3.05) is 39.3 Å². The van der Waals surface area contributed by atoms with Crippen LogP contribution < -0.4 is 0 Å². The molecule has 0 spiro atoms. The van der Waals surface area contributed by atoms with Crippen LogP contribution in [0.25, 0.3) is 0 Å². The monoisotopic (exact) mass is 450 g/mol. The number of hydrogen-bond donors (Lipinski definition) is 0. The van der Waals surface area contributed by atoms with Crippen LogP contribution >= 0.6 is 0 Å². The zero-order valence-electron chi connectivity index (χ0n) is 18.4. The quantitative estimate of drug-likeness (QED) is 0.518. The molecule has 0 amide bonds. The molecular weight excluding hydrogens is 420 g/mol. The van der Waals surface area contributed by atoms with E-state index in [0.717, 1.165) is 23.2 Å². The van der Waals surface area contributed by atoms with E-state index in [1.165, 1.54) is 0 Å². The Kier molecular flexibility index (Phi) is 7.37. The lowest BCUT2D eigenvalue weighted by molar-refractivity contribution is 0.0527. The predicted molar refractivity (Wildman–Crippen MR) is 127 cm³/mol. The first-order valence-corrected chi connectivity index (χ1v) is 12.5. The second-order valence-corrected chi connectivity index (χ2v) is 9.99. The van der Waals surface area contributed by atoms with Gasteiger partial charge in [-0.1, -0.05) is 78.9 Å². The van der Waals surface area contributed by atoms with E-state index in [2.05, 4.69) is 29.2 Å². The van der Waals surface area contributed by atoms with E-state index in [9.17, 15) is 8.42 Å². The highest BCUT2D eigenvalue weighted by Gasteiger charge is 2.29. The summed E-state index contributed by atoms with van der Waals surface area (Å²) < 4.78 is 34.0. The molecule has 3 aromatic rings. The van der Waals surface area contributed by atoms with E-state index in [1.54, 1.807) is 16.4 Å². The smallest absolute Gasteiger partial charge is 0.243 e. The largest absolute Gasteiger partial charge is 0.367 e. The van der Waals surface area contributed by atoms with Crippen molar-refractivity contribution in [2.45, 2.75) is 17.9 Å². The van der Waals surface area contributed by atoms with Crippen molar-refractivity contribution in [1.82, 2.24) is 9.21 Å². The Morgan fingerprint density at radius 3 is 1.88 bits per heavy atom. The van der Waals surface area contributed by atoms with Gasteiger partial charge in [0.15, 0.2) is 0 Å². The molecule has 6 heteroatoms. The van der Waals surface area contributed by atoms with Crippen LogP contribution in [0.15, 0.2) is 89.8 Å². The Labute approximate surface area is 191 Å². The maximum Gasteiger partial charge on any atom is 0.243 e. The number of nitrogens with zero attached hydrogens (tertiary/aromatic N) is 2. The SMILES string of the molecule is Cc1ccccc1S(=O)(=O)N1CCN(CCOC(c2ccccc2)c2ccccc2)CC1. The maximum absolute atomic E-state index is 13.0. The number of rotatable bonds is 8. The van der Waals surface area contributed by atoms with Gasteiger partial charge in [0, 0.05) is 32.7 Å². The van der Waals surface area contributed by atoms with E-state index >= 15 is 0 Å². The van der Waals surface area contributed by atoms with Crippen LogP contribution in [0.2, 0.25) is 0 Å². The summed E-state index contributed by atoms with van der Waals surface area (Å²) in [5.74, 6) is 0. The molecule has 0 N–H and O–H groups in total. The van der Waals surface area contributed by atoms with Gasteiger partial charge in [-0.2, -0.15) is 4.31 Å². The first kappa shape index (κ1) is 22.7. The van der Waals surface area contributed by atoms with E-state index < -0.39 is 10.0 Å². The highest BCUT2D eigenvalue weighted by atomic mass is 32.2. The molecule has 168 valence electrons. The van der Waals surface area contributed by atoms with Crippen molar-refractivity contribution in [3.05, 3.63) is 102 Å². The summed E-state index contributed by atoms with van der Waals surface area (Å²) >= 11 is 0. The van der Waals surface area contributed by atoms with Crippen molar-refractivity contribution in [3.8, 4) is 0 Å². The molecule has 1 aliphatic rings. The Morgan fingerprint density at radius 1 is 0.781 bits per heavy atom. The molecule has 0 aromatic heterocycles. The molecule has 32 heavy (non-hydrogen) atoms. The summed E-state index contributed by atoms with van der Waals surface area (Å²) in [6, 6.07) is 27.7. The van der Waals surface area contributed by atoms with E-state index in [-0.39, 0.29) is 6.10 Å². The van der Waals surface area contributed by atoms with Crippen molar-refractivity contribution < 1.29 is 13.2 Å². The molecule has 5 nitrogen and oxygen atoms in total. The molecule has 0 atom stereocenters. The van der Waals surface area contributed by atoms with Crippen LogP contribution in [0.1, 0.15) is 22.8 Å². The highest BCUT2D eigenvalue weighted by Crippen LogP contribution is 2.26. The van der Waals surface area contributed by atoms with Crippen LogP contribution in [0.3, 0.4) is 0 Å². The molecule has 0 unspecified atom stereocenters. The van der Waals surface area contributed by atoms with Crippen molar-refractivity contribution in [3.63, 3.8) is 0 Å². The van der Waals surface area contributed by atoms with Gasteiger partial charge in [-0.15, -0.1) is 0 Å². The van der Waals surface area contributed by atoms with Gasteiger partial charge in [-0.3, -0.25) is 4.90 Å². The van der Waals surface area contributed by atoms with Crippen molar-refractivity contribution in [2.24, 2.45) is 0 Å². The number of ether oxygens (including phenoxy) is 1. The number of benzene rings is 3. The molecular formula is C26H30N2O3S. The molecule has 0 radical (unpaired) electrons. The number of sulfonamides is 1. The number of hydrogen-bond acceptors (Lipinski definition) is 4. The van der Waals surface area contributed by atoms with Crippen molar-refractivity contribution in [1.29, 1.82) is 0 Å². The van der Waals surface area contributed by atoms with Gasteiger partial charge in [0.1, 0.15) is 6.10 Å². The van der Waals surface area contributed by atoms with Gasteiger partial charge in [-0.05, 0) is 29.7 Å². The zero-order chi connectivity index (χ0) is 22.4. The molecule has 1 fully saturated rings. The standard InChI is InChI=1S/C26H30N2O3S/c1-22-10-8-9-15-25(22)32(29,30)28-18-16-27(17-19-28)20-21-31-26(23-11-4-2-5-12-23)24-13-6-3-7-14-24/h2-15,26H,16-21H2,1H3. The van der Waals surface area contributed by atoms with Gasteiger partial charge in [0.05, 0.1) is 11.5 Å². The molecule has 1 aliphatic heterocycles. The van der Waals surface area contributed by atoms with Crippen LogP contribution in [-0.4, -0.2) is 57.0 Å². The summed E-state index contributed by atoms with van der Waals surface area (Å²) in [5, 5.41) is 0. The van der Waals surface area contributed by atoms with E-state index in [0.29, 0.717) is 37.7 Å². The van der Waals surface area contributed by atoms with Crippen molar-refractivity contribution >= 4 is 10.0 Å². The van der Waals surface area contributed by atoms with Gasteiger partial charge in [-0.25, -0.2) is 8.42 Å². The fraction of sp³-hybridized carbons (Fsp3) is 0.308. The first-order chi connectivity index (χ1) is 15.6. The van der Waals surface area contributed by atoms with Crippen LogP contribution in [-0.2, 0) is 14.8 Å². The molecule has 0 aliphatic carbocycles. The lowest BCUT2D eigenvalue weighted by atomic mass is 10.0. The Bertz CT molecular complexity index is 1060. The lowest BCUT2D eigenvalue weighted by Gasteiger charge is -2.34. The summed E-state index contributed by atoms with van der Waals surface area (Å²) in [6.07, 6.45) is -0.111. The topological polar surface area (TPSA) is 49.9 Å². The van der Waals surface area contributed by atoms with E-state index in [4.69, 9.17) is 4.74 Å². The number of piperazine rings is 1.